The van der Waals surface area contributed by atoms with Gasteiger partial charge in [-0.2, -0.15) is 0 Å². The second-order valence-corrected chi connectivity index (χ2v) is 5.21. The van der Waals surface area contributed by atoms with E-state index in [9.17, 15) is 0 Å². The Balaban J connectivity index is 2.02. The molecular formula is C12H14N2OS. The van der Waals surface area contributed by atoms with Crippen LogP contribution in [0.3, 0.4) is 0 Å². The Kier molecular flexibility index (Phi) is 2.53. The second-order valence-electron chi connectivity index (χ2n) is 4.13. The molecule has 0 saturated heterocycles. The summed E-state index contributed by atoms with van der Waals surface area (Å²) >= 11 is 1.75. The Labute approximate surface area is 98.3 Å². The Morgan fingerprint density at radius 2 is 2.50 bits per heavy atom. The van der Waals surface area contributed by atoms with Crippen molar-refractivity contribution < 1.29 is 4.42 Å². The lowest BCUT2D eigenvalue weighted by Gasteiger charge is -2.18. The average Bonchev–Trinajstić information content (AvgIpc) is 2.96. The van der Waals surface area contributed by atoms with Crippen LogP contribution >= 0.6 is 11.3 Å². The van der Waals surface area contributed by atoms with Crippen LogP contribution in [-0.2, 0) is 6.42 Å². The molecule has 2 aromatic rings. The van der Waals surface area contributed by atoms with Crippen LogP contribution in [0.4, 0.5) is 0 Å². The summed E-state index contributed by atoms with van der Waals surface area (Å²) in [7, 11) is 0. The highest BCUT2D eigenvalue weighted by Crippen LogP contribution is 2.37. The van der Waals surface area contributed by atoms with E-state index in [2.05, 4.69) is 0 Å². The van der Waals surface area contributed by atoms with Gasteiger partial charge in [-0.15, -0.1) is 11.3 Å². The van der Waals surface area contributed by atoms with E-state index in [1.165, 1.54) is 23.4 Å². The molecule has 0 bridgehead atoms. The van der Waals surface area contributed by atoms with Crippen molar-refractivity contribution >= 4 is 11.3 Å². The van der Waals surface area contributed by atoms with E-state index < -0.39 is 0 Å². The van der Waals surface area contributed by atoms with Crippen molar-refractivity contribution in [3.8, 4) is 10.8 Å². The maximum Gasteiger partial charge on any atom is 0.162 e. The van der Waals surface area contributed by atoms with Gasteiger partial charge in [0, 0.05) is 17.3 Å². The van der Waals surface area contributed by atoms with Crippen LogP contribution in [0.5, 0.6) is 0 Å². The molecule has 3 rings (SSSR count). The van der Waals surface area contributed by atoms with Gasteiger partial charge in [-0.25, -0.2) is 4.98 Å². The van der Waals surface area contributed by atoms with Crippen molar-refractivity contribution in [1.29, 1.82) is 0 Å². The first kappa shape index (κ1) is 10.1. The van der Waals surface area contributed by atoms with Gasteiger partial charge in [0.2, 0.25) is 0 Å². The maximum absolute atomic E-state index is 5.79. The number of thiazole rings is 1. The third-order valence-electron chi connectivity index (χ3n) is 3.09. The van der Waals surface area contributed by atoms with E-state index in [0.29, 0.717) is 12.5 Å². The average molecular weight is 234 g/mol. The number of hydrogen-bond acceptors (Lipinski definition) is 4. The van der Waals surface area contributed by atoms with Crippen molar-refractivity contribution in [3.05, 3.63) is 29.0 Å². The van der Waals surface area contributed by atoms with Gasteiger partial charge in [0.05, 0.1) is 12.0 Å². The van der Waals surface area contributed by atoms with Gasteiger partial charge in [-0.1, -0.05) is 0 Å². The fourth-order valence-electron chi connectivity index (χ4n) is 2.24. The third-order valence-corrected chi connectivity index (χ3v) is 4.23. The lowest BCUT2D eigenvalue weighted by Crippen LogP contribution is -2.17. The minimum Gasteiger partial charge on any atom is -0.462 e. The van der Waals surface area contributed by atoms with Crippen LogP contribution in [0, 0.1) is 0 Å². The molecule has 2 aromatic heterocycles. The predicted octanol–water partition coefficient (Wildman–Crippen LogP) is 2.78. The van der Waals surface area contributed by atoms with Crippen molar-refractivity contribution in [1.82, 2.24) is 4.98 Å². The Bertz CT molecular complexity index is 475. The van der Waals surface area contributed by atoms with E-state index in [4.69, 9.17) is 15.1 Å². The van der Waals surface area contributed by atoms with Gasteiger partial charge in [0.15, 0.2) is 10.8 Å². The molecule has 0 aromatic carbocycles. The Morgan fingerprint density at radius 3 is 3.25 bits per heavy atom. The van der Waals surface area contributed by atoms with Gasteiger partial charge < -0.3 is 10.2 Å². The van der Waals surface area contributed by atoms with Crippen molar-refractivity contribution in [2.45, 2.75) is 25.2 Å². The van der Waals surface area contributed by atoms with Gasteiger partial charge in [0.1, 0.15) is 0 Å². The minimum absolute atomic E-state index is 0.448. The standard InChI is InChI=1S/C12H14N2OS/c13-7-8-3-1-5-10-11(8)14-12(16-10)9-4-2-6-15-9/h2,4,6,8H,1,3,5,7,13H2. The molecular weight excluding hydrogens is 220 g/mol. The van der Waals surface area contributed by atoms with Crippen molar-refractivity contribution in [2.75, 3.05) is 6.54 Å². The summed E-state index contributed by atoms with van der Waals surface area (Å²) in [6.45, 7) is 0.703. The highest BCUT2D eigenvalue weighted by molar-refractivity contribution is 7.15. The molecule has 0 radical (unpaired) electrons. The molecule has 0 aliphatic heterocycles. The summed E-state index contributed by atoms with van der Waals surface area (Å²) in [5.74, 6) is 1.32. The zero-order valence-electron chi connectivity index (χ0n) is 8.98. The lowest BCUT2D eigenvalue weighted by atomic mass is 9.91. The summed E-state index contributed by atoms with van der Waals surface area (Å²) in [6, 6.07) is 3.86. The largest absolute Gasteiger partial charge is 0.462 e. The summed E-state index contributed by atoms with van der Waals surface area (Å²) < 4.78 is 5.38. The molecule has 0 spiro atoms. The number of rotatable bonds is 2. The second kappa shape index (κ2) is 4.03. The summed E-state index contributed by atoms with van der Waals surface area (Å²) in [5, 5.41) is 0.996. The molecule has 16 heavy (non-hydrogen) atoms. The SMILES string of the molecule is NCC1CCCc2sc(-c3ccco3)nc21. The highest BCUT2D eigenvalue weighted by atomic mass is 32.1. The number of fused-ring (bicyclic) bond motifs is 1. The number of aryl methyl sites for hydroxylation is 1. The van der Waals surface area contributed by atoms with Crippen LogP contribution in [0.1, 0.15) is 29.3 Å². The smallest absolute Gasteiger partial charge is 0.162 e. The topological polar surface area (TPSA) is 52.0 Å². The first-order valence-corrected chi connectivity index (χ1v) is 6.43. The van der Waals surface area contributed by atoms with E-state index >= 15 is 0 Å². The molecule has 1 aliphatic carbocycles. The number of nitrogens with two attached hydrogens (primary N) is 1. The van der Waals surface area contributed by atoms with Gasteiger partial charge in [-0.3, -0.25) is 0 Å². The minimum atomic E-state index is 0.448. The van der Waals surface area contributed by atoms with E-state index in [1.807, 2.05) is 12.1 Å². The first-order chi connectivity index (χ1) is 7.88. The normalized spacial score (nSPS) is 19.7. The highest BCUT2D eigenvalue weighted by Gasteiger charge is 2.24. The van der Waals surface area contributed by atoms with Crippen molar-refractivity contribution in [3.63, 3.8) is 0 Å². The number of nitrogens with zero attached hydrogens (tertiary/aromatic N) is 1. The molecule has 2 heterocycles. The van der Waals surface area contributed by atoms with E-state index in [-0.39, 0.29) is 0 Å². The summed E-state index contributed by atoms with van der Waals surface area (Å²) in [4.78, 5) is 6.09. The number of aromatic nitrogens is 1. The number of furan rings is 1. The molecule has 1 aliphatic rings. The molecule has 0 amide bonds. The van der Waals surface area contributed by atoms with Crippen LogP contribution in [0.15, 0.2) is 22.8 Å². The number of hydrogen-bond donors (Lipinski definition) is 1. The summed E-state index contributed by atoms with van der Waals surface area (Å²) in [6.07, 6.45) is 5.24. The lowest BCUT2D eigenvalue weighted by molar-refractivity contribution is 0.552. The Hall–Kier alpha value is -1.13. The monoisotopic (exact) mass is 234 g/mol. The van der Waals surface area contributed by atoms with Gasteiger partial charge in [-0.05, 0) is 31.4 Å². The fourth-order valence-corrected chi connectivity index (χ4v) is 3.40. The zero-order valence-corrected chi connectivity index (χ0v) is 9.80. The van der Waals surface area contributed by atoms with Crippen LogP contribution in [0.2, 0.25) is 0 Å². The molecule has 0 fully saturated rings. The summed E-state index contributed by atoms with van der Waals surface area (Å²) in [5.41, 5.74) is 7.00. The van der Waals surface area contributed by atoms with Gasteiger partial charge >= 0.3 is 0 Å². The maximum atomic E-state index is 5.79. The van der Waals surface area contributed by atoms with E-state index in [0.717, 1.165) is 17.2 Å². The third kappa shape index (κ3) is 1.58. The fraction of sp³-hybridized carbons (Fsp3) is 0.417. The molecule has 1 unspecified atom stereocenters. The molecule has 84 valence electrons. The molecule has 0 saturated carbocycles. The molecule has 3 nitrogen and oxygen atoms in total. The van der Waals surface area contributed by atoms with Gasteiger partial charge in [0.25, 0.3) is 0 Å². The van der Waals surface area contributed by atoms with Crippen LogP contribution < -0.4 is 5.73 Å². The molecule has 2 N–H and O–H groups in total. The first-order valence-electron chi connectivity index (χ1n) is 5.62. The van der Waals surface area contributed by atoms with E-state index in [1.54, 1.807) is 17.6 Å². The zero-order chi connectivity index (χ0) is 11.0. The van der Waals surface area contributed by atoms with Crippen LogP contribution in [0.25, 0.3) is 10.8 Å². The van der Waals surface area contributed by atoms with Crippen LogP contribution in [-0.4, -0.2) is 11.5 Å². The Morgan fingerprint density at radius 1 is 1.56 bits per heavy atom. The van der Waals surface area contributed by atoms with Crippen molar-refractivity contribution in [2.24, 2.45) is 5.73 Å². The predicted molar refractivity (Wildman–Crippen MR) is 64.5 cm³/mol. The quantitative estimate of drug-likeness (QED) is 0.869. The molecule has 1 atom stereocenters. The molecule has 4 heteroatoms.